The summed E-state index contributed by atoms with van der Waals surface area (Å²) < 4.78 is 12.2. The molecule has 0 aromatic heterocycles. The Morgan fingerprint density at radius 1 is 0.622 bits per heavy atom. The van der Waals surface area contributed by atoms with E-state index in [9.17, 15) is 20.1 Å². The standard InChI is InChI=1S/C38H73NO6/c1-2-3-4-5-6-7-8-9-10-11-12-13-14-15-16-17-18-19-20-21-22-23-24-25-26-27-28-29-30-31-34(41)39-35-37(43)36(42)33(32-40)45-38(35)44/h30-31,33,35-38,40,42-44H,2-29,32H2,1H3,(H,39,41)/t33-,35-,36-,37-,38?/m1/s1/i1D. The van der Waals surface area contributed by atoms with Crippen molar-refractivity contribution in [1.82, 2.24) is 5.32 Å². The van der Waals surface area contributed by atoms with Gasteiger partial charge in [-0.3, -0.25) is 4.79 Å². The first-order chi connectivity index (χ1) is 22.5. The maximum Gasteiger partial charge on any atom is 0.244 e. The zero-order chi connectivity index (χ0) is 33.5. The maximum absolute atomic E-state index is 12.1. The molecule has 7 heteroatoms. The van der Waals surface area contributed by atoms with E-state index in [1.54, 1.807) is 6.08 Å². The van der Waals surface area contributed by atoms with Gasteiger partial charge in [0.2, 0.25) is 5.91 Å². The third-order valence-electron chi connectivity index (χ3n) is 9.35. The lowest BCUT2D eigenvalue weighted by Gasteiger charge is -2.40. The van der Waals surface area contributed by atoms with Crippen LogP contribution in [0.1, 0.15) is 188 Å². The quantitative estimate of drug-likeness (QED) is 0.0384. The number of hydrogen-bond acceptors (Lipinski definition) is 6. The molecule has 1 amide bonds. The van der Waals surface area contributed by atoms with Gasteiger partial charge in [0.15, 0.2) is 6.29 Å². The number of aliphatic hydroxyl groups is 4. The molecule has 0 spiro atoms. The average molecular weight is 641 g/mol. The summed E-state index contributed by atoms with van der Waals surface area (Å²) in [6.45, 7) is 0.0695. The van der Waals surface area contributed by atoms with Crippen LogP contribution in [0, 0.1) is 0 Å². The van der Waals surface area contributed by atoms with Crippen molar-refractivity contribution < 1.29 is 31.3 Å². The predicted molar refractivity (Wildman–Crippen MR) is 186 cm³/mol. The summed E-state index contributed by atoms with van der Waals surface area (Å²) in [6.07, 6.45) is 35.0. The van der Waals surface area contributed by atoms with Gasteiger partial charge < -0.3 is 30.5 Å². The first-order valence-electron chi connectivity index (χ1n) is 19.8. The summed E-state index contributed by atoms with van der Waals surface area (Å²) in [4.78, 5) is 12.1. The summed E-state index contributed by atoms with van der Waals surface area (Å²) in [6, 6.07) is -1.15. The molecular formula is C38H73NO6. The highest BCUT2D eigenvalue weighted by Gasteiger charge is 2.44. The molecule has 266 valence electrons. The summed E-state index contributed by atoms with van der Waals surface area (Å²) in [5.41, 5.74) is 0. The number of carbonyl (C=O) groups excluding carboxylic acids is 1. The zero-order valence-corrected chi connectivity index (χ0v) is 28.9. The van der Waals surface area contributed by atoms with Crippen LogP contribution < -0.4 is 5.32 Å². The second kappa shape index (κ2) is 30.4. The van der Waals surface area contributed by atoms with Crippen LogP contribution in [0.5, 0.6) is 0 Å². The fourth-order valence-corrected chi connectivity index (χ4v) is 6.34. The molecule has 1 heterocycles. The lowest BCUT2D eigenvalue weighted by molar-refractivity contribution is -0.253. The molecule has 1 aliphatic heterocycles. The molecule has 1 fully saturated rings. The number of unbranched alkanes of at least 4 members (excludes halogenated alkanes) is 27. The first-order valence-corrected chi connectivity index (χ1v) is 19.1. The molecule has 7 nitrogen and oxygen atoms in total. The fraction of sp³-hybridized carbons (Fsp3) is 0.921. The average Bonchev–Trinajstić information content (AvgIpc) is 3.05. The Morgan fingerprint density at radius 2 is 1.00 bits per heavy atom. The minimum atomic E-state index is -1.50. The molecule has 1 unspecified atom stereocenters. The normalized spacial score (nSPS) is 22.2. The fourth-order valence-electron chi connectivity index (χ4n) is 6.34. The van der Waals surface area contributed by atoms with Crippen molar-refractivity contribution in [3.05, 3.63) is 12.2 Å². The van der Waals surface area contributed by atoms with Gasteiger partial charge in [0, 0.05) is 1.37 Å². The van der Waals surface area contributed by atoms with Crippen LogP contribution >= 0.6 is 0 Å². The number of rotatable bonds is 31. The topological polar surface area (TPSA) is 119 Å². The van der Waals surface area contributed by atoms with Crippen molar-refractivity contribution in [1.29, 1.82) is 0 Å². The highest BCUT2D eigenvalue weighted by atomic mass is 16.6. The lowest BCUT2D eigenvalue weighted by Crippen LogP contribution is -2.64. The van der Waals surface area contributed by atoms with E-state index in [1.807, 2.05) is 0 Å². The lowest BCUT2D eigenvalue weighted by atomic mass is 9.97. The smallest absolute Gasteiger partial charge is 0.244 e. The van der Waals surface area contributed by atoms with Gasteiger partial charge in [-0.2, -0.15) is 0 Å². The number of carbonyl (C=O) groups is 1. The molecule has 0 bridgehead atoms. The van der Waals surface area contributed by atoms with E-state index in [4.69, 9.17) is 11.2 Å². The maximum atomic E-state index is 12.1. The molecule has 0 saturated carbocycles. The molecule has 0 aliphatic carbocycles. The Balaban J connectivity index is 1.77. The van der Waals surface area contributed by atoms with Gasteiger partial charge in [0.25, 0.3) is 0 Å². The van der Waals surface area contributed by atoms with Crippen molar-refractivity contribution in [2.75, 3.05) is 6.61 Å². The largest absolute Gasteiger partial charge is 0.394 e. The van der Waals surface area contributed by atoms with E-state index in [2.05, 4.69) is 5.32 Å². The van der Waals surface area contributed by atoms with E-state index in [-0.39, 0.29) is 0 Å². The third kappa shape index (κ3) is 23.1. The van der Waals surface area contributed by atoms with Crippen molar-refractivity contribution in [2.45, 2.75) is 217 Å². The molecule has 0 radical (unpaired) electrons. The molecule has 0 aromatic carbocycles. The van der Waals surface area contributed by atoms with Crippen molar-refractivity contribution in [2.24, 2.45) is 0 Å². The van der Waals surface area contributed by atoms with Crippen LogP contribution in [0.15, 0.2) is 12.2 Å². The zero-order valence-electron chi connectivity index (χ0n) is 29.9. The van der Waals surface area contributed by atoms with Crippen LogP contribution in [-0.4, -0.2) is 63.6 Å². The Kier molecular flexibility index (Phi) is 27.1. The SMILES string of the molecule is [2H]CCCCCCCCCCCCCCCCCCCCCCCCCCCCCC=CC(=O)N[C@H]1C(O)O[C@H](CO)[C@@H](O)[C@@H]1O. The Morgan fingerprint density at radius 3 is 1.38 bits per heavy atom. The second-order valence-corrected chi connectivity index (χ2v) is 13.5. The van der Waals surface area contributed by atoms with Gasteiger partial charge >= 0.3 is 0 Å². The Hall–Kier alpha value is -0.990. The molecule has 5 atom stereocenters. The number of nitrogens with one attached hydrogen (secondary N) is 1. The summed E-state index contributed by atoms with van der Waals surface area (Å²) in [7, 11) is 0. The highest BCUT2D eigenvalue weighted by molar-refractivity contribution is 5.87. The number of allylic oxidation sites excluding steroid dienone is 1. The number of ether oxygens (including phenoxy) is 1. The van der Waals surface area contributed by atoms with Crippen LogP contribution in [0.2, 0.25) is 0 Å². The van der Waals surface area contributed by atoms with Crippen LogP contribution in [0.4, 0.5) is 0 Å². The minimum absolute atomic E-state index is 0.460. The van der Waals surface area contributed by atoms with E-state index in [1.165, 1.54) is 160 Å². The molecule has 0 aromatic rings. The van der Waals surface area contributed by atoms with Crippen molar-refractivity contribution in [3.8, 4) is 0 Å². The van der Waals surface area contributed by atoms with Crippen LogP contribution in [0.3, 0.4) is 0 Å². The van der Waals surface area contributed by atoms with Gasteiger partial charge in [-0.25, -0.2) is 0 Å². The van der Waals surface area contributed by atoms with Gasteiger partial charge in [-0.15, -0.1) is 0 Å². The second-order valence-electron chi connectivity index (χ2n) is 13.5. The van der Waals surface area contributed by atoms with E-state index in [0.29, 0.717) is 6.90 Å². The molecule has 45 heavy (non-hydrogen) atoms. The van der Waals surface area contributed by atoms with Gasteiger partial charge in [0.05, 0.1) is 6.61 Å². The van der Waals surface area contributed by atoms with E-state index >= 15 is 0 Å². The summed E-state index contributed by atoms with van der Waals surface area (Å²) in [5.74, 6) is -0.460. The Labute approximate surface area is 278 Å². The molecule has 1 rings (SSSR count). The van der Waals surface area contributed by atoms with Crippen molar-refractivity contribution in [3.63, 3.8) is 0 Å². The molecular weight excluding hydrogens is 566 g/mol. The number of hydrogen-bond donors (Lipinski definition) is 5. The number of aliphatic hydroxyl groups excluding tert-OH is 4. The molecule has 5 N–H and O–H groups in total. The minimum Gasteiger partial charge on any atom is -0.394 e. The number of amides is 1. The summed E-state index contributed by atoms with van der Waals surface area (Å²) in [5, 5.41) is 41.6. The monoisotopic (exact) mass is 641 g/mol. The van der Waals surface area contributed by atoms with Crippen LogP contribution in [-0.2, 0) is 9.53 Å². The van der Waals surface area contributed by atoms with Gasteiger partial charge in [0.1, 0.15) is 24.4 Å². The van der Waals surface area contributed by atoms with Gasteiger partial charge in [-0.05, 0) is 18.9 Å². The van der Waals surface area contributed by atoms with Crippen LogP contribution in [0.25, 0.3) is 0 Å². The Bertz CT molecular complexity index is 711. The molecule has 1 aliphatic rings. The van der Waals surface area contributed by atoms with E-state index < -0.39 is 43.2 Å². The van der Waals surface area contributed by atoms with Gasteiger partial charge in [-0.1, -0.05) is 180 Å². The first kappa shape index (κ1) is 40.2. The third-order valence-corrected chi connectivity index (χ3v) is 9.35. The summed E-state index contributed by atoms with van der Waals surface area (Å²) >= 11 is 0. The predicted octanol–water partition coefficient (Wildman–Crippen LogP) is 8.40. The van der Waals surface area contributed by atoms with E-state index in [0.717, 1.165) is 25.7 Å². The van der Waals surface area contributed by atoms with Crippen molar-refractivity contribution >= 4 is 5.91 Å². The highest BCUT2D eigenvalue weighted by Crippen LogP contribution is 2.20. The molecule has 1 saturated heterocycles.